The second kappa shape index (κ2) is 6.17. The van der Waals surface area contributed by atoms with E-state index in [0.717, 1.165) is 0 Å². The van der Waals surface area contributed by atoms with Crippen LogP contribution < -0.4 is 5.73 Å². The fourth-order valence-corrected chi connectivity index (χ4v) is 2.48. The van der Waals surface area contributed by atoms with Crippen LogP contribution in [0.1, 0.15) is 6.23 Å². The Bertz CT molecular complexity index is 781. The molecule has 0 bridgehead atoms. The minimum atomic E-state index is -1.13. The van der Waals surface area contributed by atoms with Crippen molar-refractivity contribution in [2.75, 3.05) is 5.73 Å². The number of aromatic nitrogens is 4. The Balaban J connectivity index is 1.93. The number of ether oxygens (including phenoxy) is 1. The standard InChI is InChI=1S/C13H12IN5O3/c14-4-2-1-3-7-9(20)10(21)13(22-7)19-6-18-8-11(15)16-5-17-12(8)19/h1,3,5-7,9-10,13,20-21H,(H2,15,16,17)/b3-1+/t7-,9-,10-,13?/m1/s1. The minimum absolute atomic E-state index is 0.241. The predicted octanol–water partition coefficient (Wildman–Crippen LogP) is -0.0202. The summed E-state index contributed by atoms with van der Waals surface area (Å²) in [6.45, 7) is 0. The van der Waals surface area contributed by atoms with Crippen molar-refractivity contribution in [3.63, 3.8) is 0 Å². The van der Waals surface area contributed by atoms with Crippen LogP contribution in [0.2, 0.25) is 0 Å². The Hall–Kier alpha value is -1.74. The van der Waals surface area contributed by atoms with Crippen LogP contribution >= 0.6 is 22.6 Å². The lowest BCUT2D eigenvalue weighted by Crippen LogP contribution is -2.30. The molecule has 9 heteroatoms. The minimum Gasteiger partial charge on any atom is -0.387 e. The van der Waals surface area contributed by atoms with Crippen molar-refractivity contribution in [1.82, 2.24) is 19.5 Å². The van der Waals surface area contributed by atoms with Crippen LogP contribution in [0.15, 0.2) is 24.8 Å². The molecule has 1 aliphatic heterocycles. The quantitative estimate of drug-likeness (QED) is 0.468. The van der Waals surface area contributed by atoms with Gasteiger partial charge in [-0.25, -0.2) is 15.0 Å². The third kappa shape index (κ3) is 2.54. The third-order valence-corrected chi connectivity index (χ3v) is 3.67. The number of hydrogen-bond acceptors (Lipinski definition) is 7. The fraction of sp³-hybridized carbons (Fsp3) is 0.308. The Labute approximate surface area is 139 Å². The number of rotatable bonds is 2. The van der Waals surface area contributed by atoms with Gasteiger partial charge in [0.25, 0.3) is 0 Å². The number of hydrogen-bond donors (Lipinski definition) is 3. The summed E-state index contributed by atoms with van der Waals surface area (Å²) in [7, 11) is 0. The van der Waals surface area contributed by atoms with Crippen molar-refractivity contribution in [3.05, 3.63) is 24.8 Å². The number of nitrogen functional groups attached to an aromatic ring is 1. The Morgan fingerprint density at radius 2 is 2.14 bits per heavy atom. The summed E-state index contributed by atoms with van der Waals surface area (Å²) in [4.78, 5) is 12.1. The number of imidazole rings is 1. The zero-order valence-electron chi connectivity index (χ0n) is 11.2. The maximum absolute atomic E-state index is 10.2. The molecule has 0 saturated carbocycles. The van der Waals surface area contributed by atoms with Gasteiger partial charge in [0.1, 0.15) is 30.2 Å². The normalized spacial score (nSPS) is 28.1. The van der Waals surface area contributed by atoms with E-state index < -0.39 is 24.5 Å². The number of fused-ring (bicyclic) bond motifs is 1. The van der Waals surface area contributed by atoms with E-state index in [1.807, 2.05) is 22.6 Å². The van der Waals surface area contributed by atoms with Gasteiger partial charge in [0.2, 0.25) is 0 Å². The van der Waals surface area contributed by atoms with E-state index in [-0.39, 0.29) is 5.82 Å². The first-order valence-corrected chi connectivity index (χ1v) is 7.43. The number of nitrogens with zero attached hydrogens (tertiary/aromatic N) is 4. The van der Waals surface area contributed by atoms with Crippen molar-refractivity contribution < 1.29 is 14.9 Å². The number of allylic oxidation sites excluding steroid dienone is 1. The lowest BCUT2D eigenvalue weighted by Gasteiger charge is -2.16. The van der Waals surface area contributed by atoms with Gasteiger partial charge in [0.15, 0.2) is 17.7 Å². The van der Waals surface area contributed by atoms with Crippen molar-refractivity contribution in [3.8, 4) is 9.85 Å². The number of aliphatic hydroxyl groups excluding tert-OH is 2. The molecule has 0 spiro atoms. The molecule has 0 amide bonds. The second-order valence-electron chi connectivity index (χ2n) is 4.65. The first-order chi connectivity index (χ1) is 10.6. The van der Waals surface area contributed by atoms with Crippen molar-refractivity contribution in [1.29, 1.82) is 0 Å². The van der Waals surface area contributed by atoms with Gasteiger partial charge in [-0.2, -0.15) is 0 Å². The van der Waals surface area contributed by atoms with E-state index in [4.69, 9.17) is 10.5 Å². The molecule has 4 N–H and O–H groups in total. The largest absolute Gasteiger partial charge is 0.387 e. The van der Waals surface area contributed by atoms with Gasteiger partial charge < -0.3 is 20.7 Å². The smallest absolute Gasteiger partial charge is 0.167 e. The van der Waals surface area contributed by atoms with E-state index in [1.54, 1.807) is 12.2 Å². The number of halogens is 1. The summed E-state index contributed by atoms with van der Waals surface area (Å²) in [6.07, 6.45) is 2.23. The molecule has 1 unspecified atom stereocenters. The van der Waals surface area contributed by atoms with Gasteiger partial charge in [-0.15, -0.1) is 0 Å². The lowest BCUT2D eigenvalue weighted by molar-refractivity contribution is -0.0244. The van der Waals surface area contributed by atoms with Crippen molar-refractivity contribution >= 4 is 39.6 Å². The fourth-order valence-electron chi connectivity index (χ4n) is 2.31. The van der Waals surface area contributed by atoms with E-state index in [2.05, 4.69) is 24.8 Å². The summed E-state index contributed by atoms with van der Waals surface area (Å²) in [6, 6.07) is 0. The number of nitrogens with two attached hydrogens (primary N) is 1. The molecule has 22 heavy (non-hydrogen) atoms. The molecule has 2 aromatic rings. The maximum atomic E-state index is 10.2. The Morgan fingerprint density at radius 3 is 2.91 bits per heavy atom. The van der Waals surface area contributed by atoms with Crippen molar-refractivity contribution in [2.24, 2.45) is 0 Å². The van der Waals surface area contributed by atoms with Crippen LogP contribution in [0.4, 0.5) is 5.82 Å². The zero-order valence-corrected chi connectivity index (χ0v) is 13.3. The molecule has 2 aromatic heterocycles. The number of anilines is 1. The van der Waals surface area contributed by atoms with E-state index in [0.29, 0.717) is 11.2 Å². The highest BCUT2D eigenvalue weighted by Gasteiger charge is 2.43. The molecule has 0 aliphatic carbocycles. The van der Waals surface area contributed by atoms with Gasteiger partial charge in [0.05, 0.1) is 6.33 Å². The molecule has 1 aliphatic rings. The van der Waals surface area contributed by atoms with Crippen LogP contribution in [-0.2, 0) is 4.74 Å². The molecule has 8 nitrogen and oxygen atoms in total. The van der Waals surface area contributed by atoms with Crippen LogP contribution in [0, 0.1) is 9.85 Å². The van der Waals surface area contributed by atoms with Crippen LogP contribution in [-0.4, -0.2) is 48.0 Å². The van der Waals surface area contributed by atoms with Gasteiger partial charge >= 0.3 is 0 Å². The van der Waals surface area contributed by atoms with Gasteiger partial charge in [-0.05, 0) is 16.1 Å². The van der Waals surface area contributed by atoms with Gasteiger partial charge in [0, 0.05) is 22.6 Å². The SMILES string of the molecule is Nc1ncnc2c1ncn2C1O[C@H](/C=C/C#CI)[C@@H](O)[C@H]1O. The lowest BCUT2D eigenvalue weighted by atomic mass is 10.1. The third-order valence-electron chi connectivity index (χ3n) is 3.36. The Kier molecular flexibility index (Phi) is 4.25. The maximum Gasteiger partial charge on any atom is 0.167 e. The Morgan fingerprint density at radius 1 is 1.32 bits per heavy atom. The molecule has 3 rings (SSSR count). The summed E-state index contributed by atoms with van der Waals surface area (Å²) >= 11 is 1.90. The topological polar surface area (TPSA) is 119 Å². The molecular formula is C13H12IN5O3. The molecule has 3 heterocycles. The van der Waals surface area contributed by atoms with Gasteiger partial charge in [-0.3, -0.25) is 4.57 Å². The average Bonchev–Trinajstić information content (AvgIpc) is 3.05. The predicted molar refractivity (Wildman–Crippen MR) is 86.6 cm³/mol. The highest BCUT2D eigenvalue weighted by Crippen LogP contribution is 2.32. The van der Waals surface area contributed by atoms with Crippen LogP contribution in [0.3, 0.4) is 0 Å². The molecule has 114 valence electrons. The summed E-state index contributed by atoms with van der Waals surface area (Å²) in [5.74, 6) is 2.97. The summed E-state index contributed by atoms with van der Waals surface area (Å²) in [5, 5.41) is 20.3. The van der Waals surface area contributed by atoms with Crippen molar-refractivity contribution in [2.45, 2.75) is 24.5 Å². The second-order valence-corrected chi connectivity index (χ2v) is 5.19. The zero-order chi connectivity index (χ0) is 15.7. The summed E-state index contributed by atoms with van der Waals surface area (Å²) in [5.41, 5.74) is 6.58. The molecule has 0 radical (unpaired) electrons. The first-order valence-electron chi connectivity index (χ1n) is 6.36. The highest BCUT2D eigenvalue weighted by atomic mass is 127. The molecular weight excluding hydrogens is 401 g/mol. The first kappa shape index (κ1) is 15.2. The van der Waals surface area contributed by atoms with Crippen LogP contribution in [0.25, 0.3) is 11.2 Å². The molecule has 4 atom stereocenters. The highest BCUT2D eigenvalue weighted by molar-refractivity contribution is 14.1. The van der Waals surface area contributed by atoms with E-state index in [9.17, 15) is 10.2 Å². The van der Waals surface area contributed by atoms with Crippen LogP contribution in [0.5, 0.6) is 0 Å². The van der Waals surface area contributed by atoms with E-state index in [1.165, 1.54) is 17.2 Å². The number of aliphatic hydroxyl groups is 2. The molecule has 1 saturated heterocycles. The summed E-state index contributed by atoms with van der Waals surface area (Å²) < 4.78 is 9.89. The van der Waals surface area contributed by atoms with Gasteiger partial charge in [-0.1, -0.05) is 5.92 Å². The average molecular weight is 413 g/mol. The molecule has 1 fully saturated rings. The van der Waals surface area contributed by atoms with E-state index >= 15 is 0 Å². The monoisotopic (exact) mass is 413 g/mol. The molecule has 0 aromatic carbocycles.